The monoisotopic (exact) mass is 247 g/mol. The number of anilines is 1. The maximum Gasteiger partial charge on any atom is 0.178 e. The summed E-state index contributed by atoms with van der Waals surface area (Å²) in [6.07, 6.45) is 0. The normalized spacial score (nSPS) is 10.8. The topological polar surface area (TPSA) is 64.3 Å². The van der Waals surface area contributed by atoms with Crippen molar-refractivity contribution in [2.24, 2.45) is 0 Å². The summed E-state index contributed by atoms with van der Waals surface area (Å²) in [5.41, 5.74) is 1.77. The van der Waals surface area contributed by atoms with E-state index in [0.717, 1.165) is 22.9 Å². The van der Waals surface area contributed by atoms with Crippen LogP contribution in [-0.2, 0) is 4.74 Å². The van der Waals surface area contributed by atoms with E-state index in [-0.39, 0.29) is 0 Å². The smallest absolute Gasteiger partial charge is 0.178 e. The molecule has 0 saturated carbocycles. The zero-order valence-corrected chi connectivity index (χ0v) is 10.7. The summed E-state index contributed by atoms with van der Waals surface area (Å²) >= 11 is 0. The molecule has 18 heavy (non-hydrogen) atoms. The maximum absolute atomic E-state index is 5.39. The van der Waals surface area contributed by atoms with Crippen LogP contribution in [0.3, 0.4) is 0 Å². The second-order valence-corrected chi connectivity index (χ2v) is 4.17. The molecule has 0 saturated heterocycles. The molecule has 1 N–H and O–H groups in total. The summed E-state index contributed by atoms with van der Waals surface area (Å²) in [7, 11) is 0. The SMILES string of the molecule is C=C(C)COCCNc1ccc2nnc(C)n2n1. The Morgan fingerprint density at radius 3 is 3.06 bits per heavy atom. The molecule has 2 rings (SSSR count). The molecule has 96 valence electrons. The lowest BCUT2D eigenvalue weighted by Gasteiger charge is -2.06. The molecule has 0 unspecified atom stereocenters. The highest BCUT2D eigenvalue weighted by molar-refractivity contribution is 5.43. The van der Waals surface area contributed by atoms with Crippen molar-refractivity contribution in [3.8, 4) is 0 Å². The zero-order chi connectivity index (χ0) is 13.0. The largest absolute Gasteiger partial charge is 0.375 e. The van der Waals surface area contributed by atoms with E-state index in [1.54, 1.807) is 4.52 Å². The Bertz CT molecular complexity index is 548. The number of aryl methyl sites for hydroxylation is 1. The average Bonchev–Trinajstić information content (AvgIpc) is 2.70. The lowest BCUT2D eigenvalue weighted by molar-refractivity contribution is 0.167. The predicted molar refractivity (Wildman–Crippen MR) is 69.6 cm³/mol. The molecular formula is C12H17N5O. The van der Waals surface area contributed by atoms with Crippen molar-refractivity contribution in [2.75, 3.05) is 25.1 Å². The van der Waals surface area contributed by atoms with E-state index in [4.69, 9.17) is 4.74 Å². The molecule has 0 amide bonds. The van der Waals surface area contributed by atoms with Crippen LogP contribution in [0.4, 0.5) is 5.82 Å². The molecule has 0 spiro atoms. The van der Waals surface area contributed by atoms with Crippen molar-refractivity contribution >= 4 is 11.5 Å². The van der Waals surface area contributed by atoms with Crippen molar-refractivity contribution in [2.45, 2.75) is 13.8 Å². The number of nitrogens with zero attached hydrogens (tertiary/aromatic N) is 4. The van der Waals surface area contributed by atoms with Gasteiger partial charge in [-0.1, -0.05) is 12.2 Å². The van der Waals surface area contributed by atoms with E-state index in [0.29, 0.717) is 19.8 Å². The number of rotatable bonds is 6. The van der Waals surface area contributed by atoms with E-state index < -0.39 is 0 Å². The van der Waals surface area contributed by atoms with Crippen LogP contribution in [-0.4, -0.2) is 39.6 Å². The minimum atomic E-state index is 0.596. The number of hydrogen-bond acceptors (Lipinski definition) is 5. The summed E-state index contributed by atoms with van der Waals surface area (Å²) in [5, 5.41) is 15.5. The van der Waals surface area contributed by atoms with Gasteiger partial charge in [-0.05, 0) is 26.0 Å². The highest BCUT2D eigenvalue weighted by Gasteiger charge is 2.02. The third-order valence-corrected chi connectivity index (χ3v) is 2.32. The van der Waals surface area contributed by atoms with Crippen LogP contribution in [0.25, 0.3) is 5.65 Å². The maximum atomic E-state index is 5.39. The van der Waals surface area contributed by atoms with Crippen molar-refractivity contribution in [1.29, 1.82) is 0 Å². The summed E-state index contributed by atoms with van der Waals surface area (Å²) in [5.74, 6) is 1.55. The summed E-state index contributed by atoms with van der Waals surface area (Å²) in [6, 6.07) is 3.76. The van der Waals surface area contributed by atoms with Gasteiger partial charge in [-0.25, -0.2) is 0 Å². The number of fused-ring (bicyclic) bond motifs is 1. The molecular weight excluding hydrogens is 230 g/mol. The number of ether oxygens (including phenoxy) is 1. The first-order valence-electron chi connectivity index (χ1n) is 5.82. The zero-order valence-electron chi connectivity index (χ0n) is 10.7. The third-order valence-electron chi connectivity index (χ3n) is 2.32. The van der Waals surface area contributed by atoms with E-state index in [9.17, 15) is 0 Å². The van der Waals surface area contributed by atoms with Gasteiger partial charge < -0.3 is 10.1 Å². The third kappa shape index (κ3) is 3.04. The minimum absolute atomic E-state index is 0.596. The highest BCUT2D eigenvalue weighted by Crippen LogP contribution is 2.06. The molecule has 0 aliphatic carbocycles. The fraction of sp³-hybridized carbons (Fsp3) is 0.417. The summed E-state index contributed by atoms with van der Waals surface area (Å²) in [6.45, 7) is 9.50. The van der Waals surface area contributed by atoms with Gasteiger partial charge in [-0.3, -0.25) is 0 Å². The Morgan fingerprint density at radius 2 is 2.28 bits per heavy atom. The average molecular weight is 247 g/mol. The molecule has 2 heterocycles. The van der Waals surface area contributed by atoms with Crippen LogP contribution < -0.4 is 5.32 Å². The van der Waals surface area contributed by atoms with Crippen molar-refractivity contribution in [3.05, 3.63) is 30.1 Å². The standard InChI is InChI=1S/C12H17N5O/c1-9(2)8-18-7-6-13-11-4-5-12-15-14-10(3)17(12)16-11/h4-5H,1,6-8H2,2-3H3,(H,13,16). The first-order chi connectivity index (χ1) is 8.66. The molecule has 0 fully saturated rings. The van der Waals surface area contributed by atoms with Crippen molar-refractivity contribution in [3.63, 3.8) is 0 Å². The molecule has 6 heteroatoms. The van der Waals surface area contributed by atoms with Gasteiger partial charge in [0.15, 0.2) is 11.5 Å². The fourth-order valence-electron chi connectivity index (χ4n) is 1.49. The van der Waals surface area contributed by atoms with E-state index in [1.807, 2.05) is 26.0 Å². The van der Waals surface area contributed by atoms with Gasteiger partial charge in [0.2, 0.25) is 0 Å². The number of aromatic nitrogens is 4. The predicted octanol–water partition coefficient (Wildman–Crippen LogP) is 1.44. The lowest BCUT2D eigenvalue weighted by atomic mass is 10.4. The van der Waals surface area contributed by atoms with Crippen molar-refractivity contribution in [1.82, 2.24) is 19.8 Å². The molecule has 2 aromatic rings. The molecule has 0 radical (unpaired) electrons. The minimum Gasteiger partial charge on any atom is -0.375 e. The van der Waals surface area contributed by atoms with Gasteiger partial charge >= 0.3 is 0 Å². The molecule has 0 bridgehead atoms. The van der Waals surface area contributed by atoms with Crippen molar-refractivity contribution < 1.29 is 4.74 Å². The molecule has 0 atom stereocenters. The van der Waals surface area contributed by atoms with E-state index in [2.05, 4.69) is 27.2 Å². The van der Waals surface area contributed by atoms with Gasteiger partial charge in [0.05, 0.1) is 13.2 Å². The van der Waals surface area contributed by atoms with E-state index in [1.165, 1.54) is 0 Å². The van der Waals surface area contributed by atoms with Crippen LogP contribution in [0.2, 0.25) is 0 Å². The molecule has 0 aliphatic rings. The fourth-order valence-corrected chi connectivity index (χ4v) is 1.49. The van der Waals surface area contributed by atoms with Crippen LogP contribution >= 0.6 is 0 Å². The second kappa shape index (κ2) is 5.59. The Balaban J connectivity index is 1.87. The summed E-state index contributed by atoms with van der Waals surface area (Å²) < 4.78 is 7.10. The molecule has 6 nitrogen and oxygen atoms in total. The number of hydrogen-bond donors (Lipinski definition) is 1. The van der Waals surface area contributed by atoms with Crippen LogP contribution in [0, 0.1) is 6.92 Å². The molecule has 0 aromatic carbocycles. The Kier molecular flexibility index (Phi) is 3.88. The van der Waals surface area contributed by atoms with Crippen LogP contribution in [0.1, 0.15) is 12.7 Å². The quantitative estimate of drug-likeness (QED) is 0.618. The van der Waals surface area contributed by atoms with Gasteiger partial charge in [-0.2, -0.15) is 4.52 Å². The second-order valence-electron chi connectivity index (χ2n) is 4.17. The highest BCUT2D eigenvalue weighted by atomic mass is 16.5. The van der Waals surface area contributed by atoms with Gasteiger partial charge in [0.1, 0.15) is 5.82 Å². The van der Waals surface area contributed by atoms with Gasteiger partial charge in [0, 0.05) is 6.54 Å². The first-order valence-corrected chi connectivity index (χ1v) is 5.82. The number of nitrogens with one attached hydrogen (secondary N) is 1. The van der Waals surface area contributed by atoms with E-state index >= 15 is 0 Å². The lowest BCUT2D eigenvalue weighted by Crippen LogP contribution is -2.12. The molecule has 2 aromatic heterocycles. The van der Waals surface area contributed by atoms with Crippen LogP contribution in [0.15, 0.2) is 24.3 Å². The van der Waals surface area contributed by atoms with Gasteiger partial charge in [0.25, 0.3) is 0 Å². The van der Waals surface area contributed by atoms with Crippen LogP contribution in [0.5, 0.6) is 0 Å². The summed E-state index contributed by atoms with van der Waals surface area (Å²) in [4.78, 5) is 0. The Hall–Kier alpha value is -1.95. The first kappa shape index (κ1) is 12.5. The Morgan fingerprint density at radius 1 is 1.44 bits per heavy atom. The molecule has 0 aliphatic heterocycles. The van der Waals surface area contributed by atoms with Gasteiger partial charge in [-0.15, -0.1) is 15.3 Å². The Labute approximate surface area is 106 Å².